The zero-order valence-electron chi connectivity index (χ0n) is 17.5. The van der Waals surface area contributed by atoms with Crippen molar-refractivity contribution >= 4 is 11.6 Å². The number of ether oxygens (including phenoxy) is 1. The van der Waals surface area contributed by atoms with Crippen molar-refractivity contribution in [3.63, 3.8) is 0 Å². The van der Waals surface area contributed by atoms with Crippen molar-refractivity contribution in [3.8, 4) is 11.5 Å². The second-order valence-corrected chi connectivity index (χ2v) is 7.54. The van der Waals surface area contributed by atoms with Crippen LogP contribution in [0.5, 0.6) is 11.5 Å². The summed E-state index contributed by atoms with van der Waals surface area (Å²) in [6.07, 6.45) is 0.340. The first-order chi connectivity index (χ1) is 15.2. The summed E-state index contributed by atoms with van der Waals surface area (Å²) in [5.41, 5.74) is 4.07. The molecule has 1 N–H and O–H groups in total. The molecule has 154 valence electrons. The van der Waals surface area contributed by atoms with Crippen LogP contribution in [0.2, 0.25) is 0 Å². The largest absolute Gasteiger partial charge is 0.455 e. The number of hydrogen-bond donors (Lipinski definition) is 1. The maximum Gasteiger partial charge on any atom is 0.225 e. The van der Waals surface area contributed by atoms with Crippen LogP contribution in [-0.2, 0) is 4.79 Å². The molecule has 0 radical (unpaired) electrons. The Hall–Kier alpha value is -3.85. The van der Waals surface area contributed by atoms with Gasteiger partial charge < -0.3 is 10.1 Å². The Morgan fingerprint density at radius 2 is 1.29 bits per heavy atom. The Kier molecular flexibility index (Phi) is 6.44. The molecule has 0 aromatic heterocycles. The Bertz CT molecular complexity index is 1080. The minimum absolute atomic E-state index is 0.0208. The lowest BCUT2D eigenvalue weighted by Crippen LogP contribution is -2.17. The van der Waals surface area contributed by atoms with Gasteiger partial charge in [0.15, 0.2) is 5.75 Å². The van der Waals surface area contributed by atoms with Crippen LogP contribution < -0.4 is 10.1 Å². The average molecular weight is 408 g/mol. The molecule has 0 unspecified atom stereocenters. The predicted octanol–water partition coefficient (Wildman–Crippen LogP) is 6.95. The Morgan fingerprint density at radius 3 is 1.90 bits per heavy atom. The third-order valence-electron chi connectivity index (χ3n) is 5.20. The van der Waals surface area contributed by atoms with Crippen LogP contribution in [0.25, 0.3) is 0 Å². The fourth-order valence-electron chi connectivity index (χ4n) is 3.58. The van der Waals surface area contributed by atoms with Gasteiger partial charge in [-0.3, -0.25) is 4.79 Å². The predicted molar refractivity (Wildman–Crippen MR) is 126 cm³/mol. The van der Waals surface area contributed by atoms with Crippen molar-refractivity contribution in [1.29, 1.82) is 0 Å². The summed E-state index contributed by atoms with van der Waals surface area (Å²) < 4.78 is 6.02. The quantitative estimate of drug-likeness (QED) is 0.360. The zero-order chi connectivity index (χ0) is 21.5. The van der Waals surface area contributed by atoms with Crippen molar-refractivity contribution in [1.82, 2.24) is 0 Å². The Morgan fingerprint density at radius 1 is 0.742 bits per heavy atom. The molecular formula is C28H25NO2. The van der Waals surface area contributed by atoms with E-state index >= 15 is 0 Å². The molecule has 0 spiro atoms. The molecule has 0 aliphatic rings. The standard InChI is InChI=1S/C28H25NO2/c1-21-16-18-24(19-17-21)31-27-15-9-8-14-26(27)29-28(30)20-25(22-10-4-2-5-11-22)23-12-6-3-7-13-23/h2-19,25H,20H2,1H3,(H,29,30). The smallest absolute Gasteiger partial charge is 0.225 e. The maximum atomic E-state index is 13.1. The van der Waals surface area contributed by atoms with Gasteiger partial charge in [0.25, 0.3) is 0 Å². The lowest BCUT2D eigenvalue weighted by molar-refractivity contribution is -0.116. The molecule has 0 bridgehead atoms. The second kappa shape index (κ2) is 9.77. The summed E-state index contributed by atoms with van der Waals surface area (Å²) in [5, 5.41) is 3.05. The first kappa shape index (κ1) is 20.4. The van der Waals surface area contributed by atoms with E-state index in [2.05, 4.69) is 29.6 Å². The number of anilines is 1. The summed E-state index contributed by atoms with van der Waals surface area (Å²) in [4.78, 5) is 13.1. The van der Waals surface area contributed by atoms with E-state index in [1.54, 1.807) is 0 Å². The summed E-state index contributed by atoms with van der Waals surface area (Å²) >= 11 is 0. The van der Waals surface area contributed by atoms with Gasteiger partial charge in [-0.1, -0.05) is 90.5 Å². The molecule has 0 saturated carbocycles. The molecule has 0 heterocycles. The zero-order valence-corrected chi connectivity index (χ0v) is 17.5. The van der Waals surface area contributed by atoms with Gasteiger partial charge in [-0.15, -0.1) is 0 Å². The highest BCUT2D eigenvalue weighted by molar-refractivity contribution is 5.93. The Balaban J connectivity index is 1.53. The second-order valence-electron chi connectivity index (χ2n) is 7.54. The van der Waals surface area contributed by atoms with Crippen LogP contribution in [0.15, 0.2) is 109 Å². The van der Waals surface area contributed by atoms with Gasteiger partial charge in [-0.25, -0.2) is 0 Å². The van der Waals surface area contributed by atoms with Crippen LogP contribution in [0, 0.1) is 6.92 Å². The van der Waals surface area contributed by atoms with Gasteiger partial charge in [0.2, 0.25) is 5.91 Å². The van der Waals surface area contributed by atoms with Crippen LogP contribution >= 0.6 is 0 Å². The minimum atomic E-state index is -0.0577. The highest BCUT2D eigenvalue weighted by Gasteiger charge is 2.19. The van der Waals surface area contributed by atoms with Gasteiger partial charge in [-0.05, 0) is 42.3 Å². The summed E-state index contributed by atoms with van der Waals surface area (Å²) in [6.45, 7) is 2.04. The van der Waals surface area contributed by atoms with Crippen LogP contribution in [-0.4, -0.2) is 5.91 Å². The first-order valence-corrected chi connectivity index (χ1v) is 10.4. The lowest BCUT2D eigenvalue weighted by atomic mass is 9.88. The Labute approximate surface area is 183 Å². The number of hydrogen-bond acceptors (Lipinski definition) is 2. The van der Waals surface area contributed by atoms with E-state index in [-0.39, 0.29) is 11.8 Å². The molecule has 3 heteroatoms. The van der Waals surface area contributed by atoms with Crippen molar-refractivity contribution in [2.75, 3.05) is 5.32 Å². The van der Waals surface area contributed by atoms with Crippen LogP contribution in [0.3, 0.4) is 0 Å². The fourth-order valence-corrected chi connectivity index (χ4v) is 3.58. The summed E-state index contributed by atoms with van der Waals surface area (Å²) in [5.74, 6) is 1.28. The molecule has 4 aromatic rings. The van der Waals surface area contributed by atoms with Gasteiger partial charge in [0, 0.05) is 12.3 Å². The molecular weight excluding hydrogens is 382 g/mol. The van der Waals surface area contributed by atoms with Crippen molar-refractivity contribution in [2.24, 2.45) is 0 Å². The fraction of sp³-hybridized carbons (Fsp3) is 0.107. The van der Waals surface area contributed by atoms with E-state index in [0.29, 0.717) is 17.9 Å². The number of nitrogens with one attached hydrogen (secondary N) is 1. The van der Waals surface area contributed by atoms with E-state index in [1.807, 2.05) is 91.9 Å². The number of carbonyl (C=O) groups is 1. The highest BCUT2D eigenvalue weighted by atomic mass is 16.5. The molecule has 31 heavy (non-hydrogen) atoms. The maximum absolute atomic E-state index is 13.1. The van der Waals surface area contributed by atoms with Gasteiger partial charge in [0.05, 0.1) is 5.69 Å². The van der Waals surface area contributed by atoms with E-state index < -0.39 is 0 Å². The molecule has 0 aliphatic heterocycles. The molecule has 0 aliphatic carbocycles. The molecule has 4 aromatic carbocycles. The third kappa shape index (κ3) is 5.40. The topological polar surface area (TPSA) is 38.3 Å². The van der Waals surface area contributed by atoms with E-state index in [4.69, 9.17) is 4.74 Å². The molecule has 1 amide bonds. The van der Waals surface area contributed by atoms with Gasteiger partial charge in [0.1, 0.15) is 5.75 Å². The van der Waals surface area contributed by atoms with Gasteiger partial charge in [-0.2, -0.15) is 0 Å². The van der Waals surface area contributed by atoms with Crippen molar-refractivity contribution in [2.45, 2.75) is 19.3 Å². The molecule has 0 atom stereocenters. The lowest BCUT2D eigenvalue weighted by Gasteiger charge is -2.19. The number of amides is 1. The van der Waals surface area contributed by atoms with Crippen LogP contribution in [0.1, 0.15) is 29.0 Å². The number of benzene rings is 4. The highest BCUT2D eigenvalue weighted by Crippen LogP contribution is 2.32. The van der Waals surface area contributed by atoms with Gasteiger partial charge >= 0.3 is 0 Å². The SMILES string of the molecule is Cc1ccc(Oc2ccccc2NC(=O)CC(c2ccccc2)c2ccccc2)cc1. The number of carbonyl (C=O) groups excluding carboxylic acids is 1. The first-order valence-electron chi connectivity index (χ1n) is 10.4. The molecule has 0 saturated heterocycles. The normalized spacial score (nSPS) is 10.6. The number of rotatable bonds is 7. The summed E-state index contributed by atoms with van der Waals surface area (Å²) in [7, 11) is 0. The summed E-state index contributed by atoms with van der Waals surface area (Å²) in [6, 6.07) is 35.7. The average Bonchev–Trinajstić information content (AvgIpc) is 2.81. The van der Waals surface area contributed by atoms with E-state index in [0.717, 1.165) is 16.9 Å². The third-order valence-corrected chi connectivity index (χ3v) is 5.20. The van der Waals surface area contributed by atoms with E-state index in [9.17, 15) is 4.79 Å². The number of para-hydroxylation sites is 2. The molecule has 0 fully saturated rings. The van der Waals surface area contributed by atoms with E-state index in [1.165, 1.54) is 5.56 Å². The minimum Gasteiger partial charge on any atom is -0.455 e. The molecule has 4 rings (SSSR count). The van der Waals surface area contributed by atoms with Crippen molar-refractivity contribution in [3.05, 3.63) is 126 Å². The van der Waals surface area contributed by atoms with Crippen molar-refractivity contribution < 1.29 is 9.53 Å². The monoisotopic (exact) mass is 407 g/mol. The van der Waals surface area contributed by atoms with Crippen LogP contribution in [0.4, 0.5) is 5.69 Å². The number of aryl methyl sites for hydroxylation is 1. The molecule has 3 nitrogen and oxygen atoms in total.